The van der Waals surface area contributed by atoms with E-state index in [9.17, 15) is 8.42 Å². The fourth-order valence-corrected chi connectivity index (χ4v) is 5.16. The molecule has 2 N–H and O–H groups in total. The van der Waals surface area contributed by atoms with E-state index in [4.69, 9.17) is 0 Å². The molecule has 2 aliphatic rings. The quantitative estimate of drug-likeness (QED) is 0.855. The first kappa shape index (κ1) is 17.7. The predicted molar refractivity (Wildman–Crippen MR) is 98.2 cm³/mol. The Labute approximate surface area is 145 Å². The number of hydrogen-bond donors (Lipinski definition) is 2. The van der Waals surface area contributed by atoms with Gasteiger partial charge in [-0.15, -0.1) is 0 Å². The van der Waals surface area contributed by atoms with E-state index in [2.05, 4.69) is 34.9 Å². The lowest BCUT2D eigenvalue weighted by Crippen LogP contribution is -2.44. The Hall–Kier alpha value is -1.11. The van der Waals surface area contributed by atoms with Crippen molar-refractivity contribution in [3.8, 4) is 0 Å². The van der Waals surface area contributed by atoms with Gasteiger partial charge < -0.3 is 10.2 Å². The highest BCUT2D eigenvalue weighted by atomic mass is 32.2. The van der Waals surface area contributed by atoms with E-state index >= 15 is 0 Å². The van der Waals surface area contributed by atoms with Gasteiger partial charge in [-0.1, -0.05) is 32.8 Å². The highest BCUT2D eigenvalue weighted by molar-refractivity contribution is 7.89. The molecule has 1 aliphatic heterocycles. The maximum atomic E-state index is 13.1. The average molecular weight is 352 g/mol. The molecular formula is C18H29N3O2S. The molecule has 0 unspecified atom stereocenters. The van der Waals surface area contributed by atoms with E-state index in [-0.39, 0.29) is 6.04 Å². The van der Waals surface area contributed by atoms with Crippen LogP contribution < -0.4 is 14.9 Å². The van der Waals surface area contributed by atoms with Gasteiger partial charge in [0.15, 0.2) is 0 Å². The summed E-state index contributed by atoms with van der Waals surface area (Å²) in [7, 11) is -3.49. The summed E-state index contributed by atoms with van der Waals surface area (Å²) in [6.45, 7) is 7.66. The molecule has 1 heterocycles. The highest BCUT2D eigenvalue weighted by Crippen LogP contribution is 2.30. The summed E-state index contributed by atoms with van der Waals surface area (Å²) in [6, 6.07) is 6.02. The second kappa shape index (κ2) is 7.42. The molecule has 1 aliphatic carbocycles. The molecule has 6 heteroatoms. The van der Waals surface area contributed by atoms with Crippen LogP contribution >= 0.6 is 0 Å². The summed E-state index contributed by atoms with van der Waals surface area (Å²) < 4.78 is 29.1. The van der Waals surface area contributed by atoms with Gasteiger partial charge in [0, 0.05) is 32.2 Å². The predicted octanol–water partition coefficient (Wildman–Crippen LogP) is 2.44. The van der Waals surface area contributed by atoms with Gasteiger partial charge in [0.25, 0.3) is 0 Å². The van der Waals surface area contributed by atoms with Gasteiger partial charge >= 0.3 is 0 Å². The molecule has 0 amide bonds. The largest absolute Gasteiger partial charge is 0.368 e. The van der Waals surface area contributed by atoms with Crippen LogP contribution in [0, 0.1) is 0 Å². The van der Waals surface area contributed by atoms with E-state index in [1.165, 1.54) is 0 Å². The van der Waals surface area contributed by atoms with Crippen molar-refractivity contribution in [1.29, 1.82) is 0 Å². The first-order valence-electron chi connectivity index (χ1n) is 9.09. The van der Waals surface area contributed by atoms with E-state index in [1.807, 2.05) is 12.1 Å². The van der Waals surface area contributed by atoms with Gasteiger partial charge in [-0.25, -0.2) is 13.1 Å². The van der Waals surface area contributed by atoms with Crippen LogP contribution in [0.3, 0.4) is 0 Å². The van der Waals surface area contributed by atoms with E-state index in [1.54, 1.807) is 0 Å². The SMILES string of the molecule is CC(C)c1ccc(N2CCNCC2)c(S(=O)(=O)NC2CCCC2)c1. The molecule has 0 radical (unpaired) electrons. The normalized spacial score (nSPS) is 20.0. The molecular weight excluding hydrogens is 322 g/mol. The van der Waals surface area contributed by atoms with Crippen LogP contribution in [0.1, 0.15) is 51.0 Å². The van der Waals surface area contributed by atoms with Crippen LogP contribution in [-0.4, -0.2) is 40.6 Å². The average Bonchev–Trinajstić information content (AvgIpc) is 3.07. The van der Waals surface area contributed by atoms with Crippen molar-refractivity contribution in [3.63, 3.8) is 0 Å². The summed E-state index contributed by atoms with van der Waals surface area (Å²) in [5, 5.41) is 3.32. The molecule has 0 bridgehead atoms. The zero-order chi connectivity index (χ0) is 17.2. The summed E-state index contributed by atoms with van der Waals surface area (Å²) >= 11 is 0. The van der Waals surface area contributed by atoms with Crippen molar-refractivity contribution in [2.75, 3.05) is 31.1 Å². The minimum Gasteiger partial charge on any atom is -0.368 e. The number of anilines is 1. The van der Waals surface area contributed by atoms with Crippen molar-refractivity contribution in [2.45, 2.75) is 56.4 Å². The van der Waals surface area contributed by atoms with Gasteiger partial charge in [-0.05, 0) is 36.5 Å². The zero-order valence-electron chi connectivity index (χ0n) is 14.7. The van der Waals surface area contributed by atoms with Gasteiger partial charge in [0.1, 0.15) is 4.90 Å². The molecule has 1 saturated carbocycles. The second-order valence-electron chi connectivity index (χ2n) is 7.22. The lowest BCUT2D eigenvalue weighted by atomic mass is 10.0. The maximum absolute atomic E-state index is 13.1. The number of nitrogens with zero attached hydrogens (tertiary/aromatic N) is 1. The summed E-state index contributed by atoms with van der Waals surface area (Å²) in [6.07, 6.45) is 4.13. The van der Waals surface area contributed by atoms with Crippen molar-refractivity contribution in [1.82, 2.24) is 10.0 Å². The molecule has 3 rings (SSSR count). The lowest BCUT2D eigenvalue weighted by Gasteiger charge is -2.31. The molecule has 0 spiro atoms. The van der Waals surface area contributed by atoms with Gasteiger partial charge in [0.2, 0.25) is 10.0 Å². The topological polar surface area (TPSA) is 61.4 Å². The first-order valence-corrected chi connectivity index (χ1v) is 10.6. The van der Waals surface area contributed by atoms with Crippen molar-refractivity contribution in [2.24, 2.45) is 0 Å². The van der Waals surface area contributed by atoms with Crippen molar-refractivity contribution in [3.05, 3.63) is 23.8 Å². The minimum atomic E-state index is -3.49. The molecule has 24 heavy (non-hydrogen) atoms. The highest BCUT2D eigenvalue weighted by Gasteiger charge is 2.27. The summed E-state index contributed by atoms with van der Waals surface area (Å²) in [4.78, 5) is 2.63. The number of sulfonamides is 1. The molecule has 5 nitrogen and oxygen atoms in total. The Bertz CT molecular complexity index is 661. The van der Waals surface area contributed by atoms with Crippen LogP contribution in [0.2, 0.25) is 0 Å². The Morgan fingerprint density at radius 1 is 1.17 bits per heavy atom. The molecule has 0 atom stereocenters. The van der Waals surface area contributed by atoms with E-state index in [0.29, 0.717) is 10.8 Å². The summed E-state index contributed by atoms with van der Waals surface area (Å²) in [5.74, 6) is 0.308. The number of benzene rings is 1. The number of rotatable bonds is 5. The zero-order valence-corrected chi connectivity index (χ0v) is 15.5. The van der Waals surface area contributed by atoms with E-state index < -0.39 is 10.0 Å². The monoisotopic (exact) mass is 351 g/mol. The molecule has 134 valence electrons. The second-order valence-corrected chi connectivity index (χ2v) is 8.90. The van der Waals surface area contributed by atoms with Gasteiger partial charge in [0.05, 0.1) is 5.69 Å². The molecule has 1 saturated heterocycles. The van der Waals surface area contributed by atoms with Crippen LogP contribution in [0.4, 0.5) is 5.69 Å². The fraction of sp³-hybridized carbons (Fsp3) is 0.667. The van der Waals surface area contributed by atoms with Crippen LogP contribution in [0.15, 0.2) is 23.1 Å². The van der Waals surface area contributed by atoms with Gasteiger partial charge in [-0.3, -0.25) is 0 Å². The van der Waals surface area contributed by atoms with Crippen molar-refractivity contribution >= 4 is 15.7 Å². The smallest absolute Gasteiger partial charge is 0.242 e. The van der Waals surface area contributed by atoms with Crippen LogP contribution in [-0.2, 0) is 10.0 Å². The molecule has 1 aromatic rings. The molecule has 2 fully saturated rings. The summed E-state index contributed by atoms with van der Waals surface area (Å²) in [5.41, 5.74) is 1.91. The van der Waals surface area contributed by atoms with Crippen LogP contribution in [0.25, 0.3) is 0 Å². The standard InChI is InChI=1S/C18H29N3O2S/c1-14(2)15-7-8-17(21-11-9-19-10-12-21)18(13-15)24(22,23)20-16-5-3-4-6-16/h7-8,13-14,16,19-20H,3-6,9-12H2,1-2H3. The lowest BCUT2D eigenvalue weighted by molar-refractivity contribution is 0.549. The third-order valence-corrected chi connectivity index (χ3v) is 6.62. The van der Waals surface area contributed by atoms with Gasteiger partial charge in [-0.2, -0.15) is 0 Å². The first-order chi connectivity index (χ1) is 11.5. The van der Waals surface area contributed by atoms with Crippen molar-refractivity contribution < 1.29 is 8.42 Å². The Morgan fingerprint density at radius 3 is 2.46 bits per heavy atom. The number of nitrogens with one attached hydrogen (secondary N) is 2. The Balaban J connectivity index is 1.96. The Kier molecular flexibility index (Phi) is 5.47. The minimum absolute atomic E-state index is 0.0913. The Morgan fingerprint density at radius 2 is 1.83 bits per heavy atom. The molecule has 1 aromatic carbocycles. The fourth-order valence-electron chi connectivity index (χ4n) is 3.60. The third kappa shape index (κ3) is 3.92. The van der Waals surface area contributed by atoms with E-state index in [0.717, 1.165) is 63.1 Å². The van der Waals surface area contributed by atoms with Crippen LogP contribution in [0.5, 0.6) is 0 Å². The number of piperazine rings is 1. The third-order valence-electron chi connectivity index (χ3n) is 5.07. The maximum Gasteiger partial charge on any atom is 0.242 e. The number of hydrogen-bond acceptors (Lipinski definition) is 4. The molecule has 0 aromatic heterocycles.